The first-order chi connectivity index (χ1) is 13.5. The number of aromatic nitrogens is 1. The van der Waals surface area contributed by atoms with Crippen LogP contribution in [0.1, 0.15) is 47.3 Å². The smallest absolute Gasteiger partial charge is 0.267 e. The van der Waals surface area contributed by atoms with Crippen LogP contribution in [-0.4, -0.2) is 21.5 Å². The van der Waals surface area contributed by atoms with Crippen LogP contribution in [0.5, 0.6) is 0 Å². The Labute approximate surface area is 161 Å². The number of hydrogen-bond donors (Lipinski definition) is 1. The molecular weight excluding hydrogens is 356 g/mol. The van der Waals surface area contributed by atoms with Gasteiger partial charge in [-0.3, -0.25) is 19.9 Å². The lowest BCUT2D eigenvalue weighted by Gasteiger charge is -2.09. The van der Waals surface area contributed by atoms with Crippen molar-refractivity contribution in [2.45, 2.75) is 25.7 Å². The molecule has 0 spiro atoms. The molecule has 2 aromatic carbocycles. The number of nitrogens with zero attached hydrogens (tertiary/aromatic N) is 3. The highest BCUT2D eigenvalue weighted by atomic mass is 16.6. The highest BCUT2D eigenvalue weighted by Crippen LogP contribution is 2.40. The first kappa shape index (κ1) is 17.8. The predicted octanol–water partition coefficient (Wildman–Crippen LogP) is 4.17. The summed E-state index contributed by atoms with van der Waals surface area (Å²) in [6.45, 7) is 1.74. The van der Waals surface area contributed by atoms with Gasteiger partial charge in [0.05, 0.1) is 21.7 Å². The second-order valence-corrected chi connectivity index (χ2v) is 6.83. The summed E-state index contributed by atoms with van der Waals surface area (Å²) in [7, 11) is 0. The minimum Gasteiger partial charge on any atom is -0.267 e. The number of rotatable bonds is 5. The van der Waals surface area contributed by atoms with Crippen molar-refractivity contribution in [2.75, 3.05) is 0 Å². The van der Waals surface area contributed by atoms with E-state index in [2.05, 4.69) is 15.5 Å². The first-order valence-electron chi connectivity index (χ1n) is 9.02. The van der Waals surface area contributed by atoms with Crippen LogP contribution in [0.3, 0.4) is 0 Å². The van der Waals surface area contributed by atoms with Crippen molar-refractivity contribution in [1.29, 1.82) is 0 Å². The number of hydrogen-bond acceptors (Lipinski definition) is 5. The summed E-state index contributed by atoms with van der Waals surface area (Å²) in [5, 5.41) is 15.7. The van der Waals surface area contributed by atoms with Gasteiger partial charge in [-0.25, -0.2) is 5.43 Å². The van der Waals surface area contributed by atoms with E-state index in [0.717, 1.165) is 29.4 Å². The fourth-order valence-electron chi connectivity index (χ4n) is 3.06. The Kier molecular flexibility index (Phi) is 4.57. The lowest BCUT2D eigenvalue weighted by atomic mass is 10.1. The van der Waals surface area contributed by atoms with Crippen molar-refractivity contribution in [2.24, 2.45) is 5.10 Å². The predicted molar refractivity (Wildman–Crippen MR) is 106 cm³/mol. The van der Waals surface area contributed by atoms with Crippen LogP contribution in [0, 0.1) is 10.1 Å². The van der Waals surface area contributed by atoms with Gasteiger partial charge >= 0.3 is 0 Å². The van der Waals surface area contributed by atoms with Crippen molar-refractivity contribution in [3.05, 3.63) is 81.5 Å². The van der Waals surface area contributed by atoms with Crippen LogP contribution in [0.2, 0.25) is 0 Å². The Bertz CT molecular complexity index is 1100. The second-order valence-electron chi connectivity index (χ2n) is 6.83. The number of pyridine rings is 1. The third-order valence-corrected chi connectivity index (χ3v) is 4.80. The molecule has 7 heteroatoms. The number of benzene rings is 2. The van der Waals surface area contributed by atoms with Gasteiger partial charge in [-0.05, 0) is 49.6 Å². The summed E-state index contributed by atoms with van der Waals surface area (Å²) in [5.74, 6) is 0.128. The maximum absolute atomic E-state index is 12.8. The van der Waals surface area contributed by atoms with Gasteiger partial charge in [-0.15, -0.1) is 0 Å². The lowest BCUT2D eigenvalue weighted by molar-refractivity contribution is -0.384. The number of nitro groups is 1. The van der Waals surface area contributed by atoms with E-state index in [9.17, 15) is 14.9 Å². The molecule has 1 fully saturated rings. The highest BCUT2D eigenvalue weighted by Gasteiger charge is 2.26. The lowest BCUT2D eigenvalue weighted by Crippen LogP contribution is -2.20. The van der Waals surface area contributed by atoms with Crippen molar-refractivity contribution < 1.29 is 9.72 Å². The fraction of sp³-hybridized carbons (Fsp3) is 0.190. The average molecular weight is 374 g/mol. The molecule has 1 aliphatic rings. The van der Waals surface area contributed by atoms with Gasteiger partial charge in [0, 0.05) is 29.1 Å². The summed E-state index contributed by atoms with van der Waals surface area (Å²) < 4.78 is 0. The van der Waals surface area contributed by atoms with Crippen molar-refractivity contribution >= 4 is 28.2 Å². The number of non-ortho nitro benzene ring substituents is 1. The molecule has 0 saturated heterocycles. The molecule has 1 heterocycles. The largest absolute Gasteiger partial charge is 0.272 e. The minimum absolute atomic E-state index is 0.0106. The summed E-state index contributed by atoms with van der Waals surface area (Å²) in [6, 6.07) is 15.5. The molecule has 0 atom stereocenters. The quantitative estimate of drug-likeness (QED) is 0.412. The molecule has 1 amide bonds. The SMILES string of the molecule is C/C(=N\NC(=O)c1cc(C2CC2)nc2ccccc12)c1ccc([N+](=O)[O-])cc1. The van der Waals surface area contributed by atoms with Crippen LogP contribution in [0.4, 0.5) is 5.69 Å². The third kappa shape index (κ3) is 3.59. The fourth-order valence-corrected chi connectivity index (χ4v) is 3.06. The van der Waals surface area contributed by atoms with Gasteiger partial charge in [0.15, 0.2) is 0 Å². The Morgan fingerprint density at radius 1 is 1.18 bits per heavy atom. The standard InChI is InChI=1S/C21H18N4O3/c1-13(14-8-10-16(11-9-14)25(27)28)23-24-21(26)18-12-20(15-6-7-15)22-19-5-3-2-4-17(18)19/h2-5,8-12,15H,6-7H2,1H3,(H,24,26)/b23-13+. The van der Waals surface area contributed by atoms with E-state index in [0.29, 0.717) is 22.8 Å². The molecule has 1 saturated carbocycles. The summed E-state index contributed by atoms with van der Waals surface area (Å²) in [4.78, 5) is 27.8. The molecule has 1 N–H and O–H groups in total. The maximum Gasteiger partial charge on any atom is 0.272 e. The Hall–Kier alpha value is -3.61. The van der Waals surface area contributed by atoms with Gasteiger partial charge in [0.2, 0.25) is 0 Å². The number of amides is 1. The van der Waals surface area contributed by atoms with E-state index in [1.807, 2.05) is 30.3 Å². The van der Waals surface area contributed by atoms with E-state index in [4.69, 9.17) is 0 Å². The monoisotopic (exact) mass is 374 g/mol. The van der Waals surface area contributed by atoms with E-state index in [1.165, 1.54) is 12.1 Å². The van der Waals surface area contributed by atoms with Crippen LogP contribution < -0.4 is 5.43 Å². The van der Waals surface area contributed by atoms with E-state index < -0.39 is 4.92 Å². The number of nitro benzene ring substituents is 1. The topological polar surface area (TPSA) is 97.5 Å². The molecule has 0 unspecified atom stereocenters. The van der Waals surface area contributed by atoms with E-state index in [-0.39, 0.29) is 11.6 Å². The van der Waals surface area contributed by atoms with Crippen LogP contribution in [0.25, 0.3) is 10.9 Å². The molecule has 4 rings (SSSR count). The number of carbonyl (C=O) groups excluding carboxylic acids is 1. The number of carbonyl (C=O) groups is 1. The van der Waals surface area contributed by atoms with E-state index >= 15 is 0 Å². The molecule has 0 bridgehead atoms. The second kappa shape index (κ2) is 7.19. The Morgan fingerprint density at radius 3 is 2.57 bits per heavy atom. The molecule has 3 aromatic rings. The highest BCUT2D eigenvalue weighted by molar-refractivity contribution is 6.07. The van der Waals surface area contributed by atoms with Crippen molar-refractivity contribution in [1.82, 2.24) is 10.4 Å². The molecule has 7 nitrogen and oxygen atoms in total. The van der Waals surface area contributed by atoms with Crippen LogP contribution >= 0.6 is 0 Å². The molecule has 1 aromatic heterocycles. The van der Waals surface area contributed by atoms with Crippen molar-refractivity contribution in [3.63, 3.8) is 0 Å². The van der Waals surface area contributed by atoms with Gasteiger partial charge in [0.1, 0.15) is 0 Å². The van der Waals surface area contributed by atoms with Crippen LogP contribution in [0.15, 0.2) is 59.7 Å². The zero-order valence-corrected chi connectivity index (χ0v) is 15.3. The number of nitrogens with one attached hydrogen (secondary N) is 1. The third-order valence-electron chi connectivity index (χ3n) is 4.80. The summed E-state index contributed by atoms with van der Waals surface area (Å²) >= 11 is 0. The number of para-hydroxylation sites is 1. The first-order valence-corrected chi connectivity index (χ1v) is 9.02. The molecule has 0 aliphatic heterocycles. The molecule has 28 heavy (non-hydrogen) atoms. The minimum atomic E-state index is -0.454. The zero-order chi connectivity index (χ0) is 19.7. The average Bonchev–Trinajstić information content (AvgIpc) is 3.56. The normalized spacial score (nSPS) is 14.1. The van der Waals surface area contributed by atoms with Crippen molar-refractivity contribution in [3.8, 4) is 0 Å². The summed E-state index contributed by atoms with van der Waals surface area (Å²) in [5.41, 5.74) is 6.16. The van der Waals surface area contributed by atoms with Crippen LogP contribution in [-0.2, 0) is 0 Å². The van der Waals surface area contributed by atoms with E-state index in [1.54, 1.807) is 19.1 Å². The molecule has 0 radical (unpaired) electrons. The Morgan fingerprint density at radius 2 is 1.89 bits per heavy atom. The zero-order valence-electron chi connectivity index (χ0n) is 15.3. The van der Waals surface area contributed by atoms with Gasteiger partial charge in [0.25, 0.3) is 11.6 Å². The molecule has 140 valence electrons. The van der Waals surface area contributed by atoms with Gasteiger partial charge in [-0.1, -0.05) is 18.2 Å². The van der Waals surface area contributed by atoms with Gasteiger partial charge < -0.3 is 0 Å². The molecular formula is C21H18N4O3. The molecule has 1 aliphatic carbocycles. The number of fused-ring (bicyclic) bond motifs is 1. The Balaban J connectivity index is 1.59. The summed E-state index contributed by atoms with van der Waals surface area (Å²) in [6.07, 6.45) is 2.20. The maximum atomic E-state index is 12.8. The number of hydrazone groups is 1. The van der Waals surface area contributed by atoms with Gasteiger partial charge in [-0.2, -0.15) is 5.10 Å².